The summed E-state index contributed by atoms with van der Waals surface area (Å²) in [5, 5.41) is 10.5. The van der Waals surface area contributed by atoms with E-state index in [2.05, 4.69) is 10.2 Å². The molecule has 0 bridgehead atoms. The molecular formula is C5H11NO3. The average Bonchev–Trinajstić information content (AvgIpc) is 1.89. The summed E-state index contributed by atoms with van der Waals surface area (Å²) in [4.78, 5) is 13.5. The third-order valence-electron chi connectivity index (χ3n) is 0.946. The van der Waals surface area contributed by atoms with Crippen LogP contribution in [0.5, 0.6) is 0 Å². The molecule has 0 radical (unpaired) electrons. The smallest absolute Gasteiger partial charge is 0.155 e. The van der Waals surface area contributed by atoms with Crippen molar-refractivity contribution in [2.45, 2.75) is 19.3 Å². The van der Waals surface area contributed by atoms with E-state index in [1.807, 2.05) is 0 Å². The van der Waals surface area contributed by atoms with Crippen LogP contribution in [0.4, 0.5) is 0 Å². The van der Waals surface area contributed by atoms with Gasteiger partial charge >= 0.3 is 0 Å². The minimum atomic E-state index is 0.203. The van der Waals surface area contributed by atoms with Crippen molar-refractivity contribution in [3.05, 3.63) is 4.91 Å². The fraction of sp³-hybridized carbons (Fsp3) is 1.00. The minimum absolute atomic E-state index is 0.203. The Hall–Kier alpha value is -0.640. The molecule has 4 nitrogen and oxygen atoms in total. The van der Waals surface area contributed by atoms with Gasteiger partial charge in [0.15, 0.2) is 5.34 Å². The van der Waals surface area contributed by atoms with Crippen LogP contribution in [0.2, 0.25) is 0 Å². The van der Waals surface area contributed by atoms with Crippen LogP contribution >= 0.6 is 0 Å². The topological polar surface area (TPSA) is 58.9 Å². The summed E-state index contributed by atoms with van der Waals surface area (Å²) < 4.78 is 0. The maximum Gasteiger partial charge on any atom is 0.155 e. The van der Waals surface area contributed by atoms with Crippen LogP contribution in [0.1, 0.15) is 19.3 Å². The second-order valence-corrected chi connectivity index (χ2v) is 1.69. The third-order valence-corrected chi connectivity index (χ3v) is 0.946. The van der Waals surface area contributed by atoms with Gasteiger partial charge in [-0.3, -0.25) is 0 Å². The first-order chi connectivity index (χ1) is 4.41. The Morgan fingerprint density at radius 2 is 2.11 bits per heavy atom. The van der Waals surface area contributed by atoms with E-state index in [1.54, 1.807) is 0 Å². The molecule has 0 aromatic heterocycles. The van der Waals surface area contributed by atoms with Crippen LogP contribution in [0.3, 0.4) is 0 Å². The first-order valence-corrected chi connectivity index (χ1v) is 2.97. The molecule has 0 saturated carbocycles. The molecule has 0 aliphatic heterocycles. The highest BCUT2D eigenvalue weighted by Crippen LogP contribution is 1.93. The molecule has 4 heteroatoms. The van der Waals surface area contributed by atoms with Crippen LogP contribution in [0, 0.1) is 4.91 Å². The number of aliphatic hydroxyl groups is 1. The summed E-state index contributed by atoms with van der Waals surface area (Å²) in [6.45, 7) is 0.567. The molecule has 0 unspecified atom stereocenters. The van der Waals surface area contributed by atoms with Crippen LogP contribution < -0.4 is 0 Å². The summed E-state index contributed by atoms with van der Waals surface area (Å²) >= 11 is 0. The molecule has 0 rings (SSSR count). The van der Waals surface area contributed by atoms with Crippen LogP contribution in [-0.2, 0) is 4.84 Å². The second kappa shape index (κ2) is 7.36. The lowest BCUT2D eigenvalue weighted by Crippen LogP contribution is -1.88. The standard InChI is InChI=1S/C5H11NO3/c7-4-2-1-3-5-9-6-8/h7H,1-5H2. The van der Waals surface area contributed by atoms with Gasteiger partial charge in [0.2, 0.25) is 0 Å². The van der Waals surface area contributed by atoms with Gasteiger partial charge in [0, 0.05) is 6.61 Å². The van der Waals surface area contributed by atoms with Gasteiger partial charge in [-0.1, -0.05) is 0 Å². The first-order valence-electron chi connectivity index (χ1n) is 2.97. The summed E-state index contributed by atoms with van der Waals surface area (Å²) in [6.07, 6.45) is 2.43. The number of aliphatic hydroxyl groups excluding tert-OH is 1. The highest BCUT2D eigenvalue weighted by molar-refractivity contribution is 4.37. The van der Waals surface area contributed by atoms with Gasteiger partial charge in [-0.15, -0.1) is 4.91 Å². The molecule has 0 aromatic carbocycles. The fourth-order valence-corrected chi connectivity index (χ4v) is 0.492. The molecule has 0 aromatic rings. The van der Waals surface area contributed by atoms with Crippen LogP contribution in [-0.4, -0.2) is 18.3 Å². The fourth-order valence-electron chi connectivity index (χ4n) is 0.492. The van der Waals surface area contributed by atoms with Gasteiger partial charge in [-0.05, 0) is 19.3 Å². The van der Waals surface area contributed by atoms with Crippen LogP contribution in [0.15, 0.2) is 5.34 Å². The van der Waals surface area contributed by atoms with E-state index < -0.39 is 0 Å². The highest BCUT2D eigenvalue weighted by atomic mass is 16.7. The predicted molar refractivity (Wildman–Crippen MR) is 32.7 cm³/mol. The van der Waals surface area contributed by atoms with E-state index in [-0.39, 0.29) is 6.61 Å². The van der Waals surface area contributed by atoms with Gasteiger partial charge in [0.25, 0.3) is 0 Å². The summed E-state index contributed by atoms with van der Waals surface area (Å²) in [5.74, 6) is 0. The Bertz CT molecular complexity index is 67.2. The quantitative estimate of drug-likeness (QED) is 0.332. The zero-order chi connectivity index (χ0) is 6.95. The van der Waals surface area contributed by atoms with Crippen molar-refractivity contribution in [3.63, 3.8) is 0 Å². The number of hydrogen-bond acceptors (Lipinski definition) is 4. The molecule has 0 aliphatic rings. The van der Waals surface area contributed by atoms with Crippen molar-refractivity contribution in [2.24, 2.45) is 5.34 Å². The average molecular weight is 133 g/mol. The Balaban J connectivity index is 2.66. The number of unbranched alkanes of at least 4 members (excludes halogenated alkanes) is 2. The Kier molecular flexibility index (Phi) is 6.84. The normalized spacial score (nSPS) is 9.00. The number of nitrogens with zero attached hydrogens (tertiary/aromatic N) is 1. The lowest BCUT2D eigenvalue weighted by atomic mass is 10.2. The van der Waals surface area contributed by atoms with E-state index in [9.17, 15) is 4.91 Å². The Labute approximate surface area is 53.8 Å². The summed E-state index contributed by atoms with van der Waals surface area (Å²) in [5.41, 5.74) is 0. The largest absolute Gasteiger partial charge is 0.396 e. The Morgan fingerprint density at radius 3 is 2.67 bits per heavy atom. The lowest BCUT2D eigenvalue weighted by molar-refractivity contribution is 0.133. The van der Waals surface area contributed by atoms with Gasteiger partial charge in [0.1, 0.15) is 6.61 Å². The maximum absolute atomic E-state index is 9.32. The lowest BCUT2D eigenvalue weighted by Gasteiger charge is -1.93. The van der Waals surface area contributed by atoms with Gasteiger partial charge in [0.05, 0.1) is 0 Å². The van der Waals surface area contributed by atoms with E-state index in [4.69, 9.17) is 5.11 Å². The highest BCUT2D eigenvalue weighted by Gasteiger charge is 1.86. The SMILES string of the molecule is O=NOCCCCCO. The zero-order valence-electron chi connectivity index (χ0n) is 5.25. The van der Waals surface area contributed by atoms with E-state index in [0.29, 0.717) is 6.61 Å². The predicted octanol–water partition coefficient (Wildman–Crippen LogP) is 0.847. The van der Waals surface area contributed by atoms with Gasteiger partial charge in [-0.25, -0.2) is 0 Å². The molecular weight excluding hydrogens is 122 g/mol. The van der Waals surface area contributed by atoms with E-state index in [0.717, 1.165) is 19.3 Å². The molecule has 54 valence electrons. The Morgan fingerprint density at radius 1 is 1.33 bits per heavy atom. The molecule has 0 amide bonds. The third kappa shape index (κ3) is 7.36. The zero-order valence-corrected chi connectivity index (χ0v) is 5.25. The number of hydrogen-bond donors (Lipinski definition) is 1. The monoisotopic (exact) mass is 133 g/mol. The van der Waals surface area contributed by atoms with Crippen molar-refractivity contribution < 1.29 is 9.94 Å². The summed E-state index contributed by atoms with van der Waals surface area (Å²) in [6, 6.07) is 0. The second-order valence-electron chi connectivity index (χ2n) is 1.69. The molecule has 0 aliphatic carbocycles. The van der Waals surface area contributed by atoms with Crippen LogP contribution in [0.25, 0.3) is 0 Å². The molecule has 0 spiro atoms. The van der Waals surface area contributed by atoms with Crippen molar-refractivity contribution in [1.29, 1.82) is 0 Å². The molecule has 0 saturated heterocycles. The molecule has 0 fully saturated rings. The number of rotatable bonds is 6. The van der Waals surface area contributed by atoms with Crippen molar-refractivity contribution in [1.82, 2.24) is 0 Å². The maximum atomic E-state index is 9.32. The molecule has 9 heavy (non-hydrogen) atoms. The molecule has 1 N–H and O–H groups in total. The van der Waals surface area contributed by atoms with E-state index >= 15 is 0 Å². The summed E-state index contributed by atoms with van der Waals surface area (Å²) in [7, 11) is 0. The van der Waals surface area contributed by atoms with Crippen molar-refractivity contribution in [2.75, 3.05) is 13.2 Å². The minimum Gasteiger partial charge on any atom is -0.396 e. The van der Waals surface area contributed by atoms with E-state index in [1.165, 1.54) is 0 Å². The van der Waals surface area contributed by atoms with Crippen molar-refractivity contribution >= 4 is 0 Å². The van der Waals surface area contributed by atoms with Crippen molar-refractivity contribution in [3.8, 4) is 0 Å². The van der Waals surface area contributed by atoms with Gasteiger partial charge in [-0.2, -0.15) is 0 Å². The molecule has 0 heterocycles. The molecule has 0 atom stereocenters. The van der Waals surface area contributed by atoms with Gasteiger partial charge < -0.3 is 9.94 Å². The first kappa shape index (κ1) is 8.36.